The summed E-state index contributed by atoms with van der Waals surface area (Å²) in [6.45, 7) is 2.77. The van der Waals surface area contributed by atoms with Crippen molar-refractivity contribution in [3.05, 3.63) is 90.1 Å². The van der Waals surface area contributed by atoms with Crippen LogP contribution in [0.25, 0.3) is 32.7 Å². The van der Waals surface area contributed by atoms with Crippen LogP contribution in [0.1, 0.15) is 46.5 Å². The number of para-hydroxylation sites is 3. The molecule has 0 fully saturated rings. The second-order valence-electron chi connectivity index (χ2n) is 10.8. The summed E-state index contributed by atoms with van der Waals surface area (Å²) in [5, 5.41) is 12.7. The molecule has 2 amide bonds. The van der Waals surface area contributed by atoms with Gasteiger partial charge in [0.15, 0.2) is 0 Å². The molecule has 0 unspecified atom stereocenters. The lowest BCUT2D eigenvalue weighted by atomic mass is 10.0. The Balaban J connectivity index is 1.14. The number of pyridine rings is 2. The van der Waals surface area contributed by atoms with Crippen molar-refractivity contribution in [3.8, 4) is 0 Å². The molecule has 0 saturated carbocycles. The van der Waals surface area contributed by atoms with Crippen molar-refractivity contribution in [1.82, 2.24) is 25.5 Å². The molecule has 0 spiro atoms. The zero-order chi connectivity index (χ0) is 29.3. The molecule has 0 bridgehead atoms. The fraction of sp³-hybridized carbons (Fsp3) is 0.294. The Bertz CT molecular complexity index is 1700. The first-order valence-electron chi connectivity index (χ1n) is 14.6. The maximum Gasteiger partial charge on any atom is 0.269 e. The van der Waals surface area contributed by atoms with Crippen LogP contribution < -0.4 is 16.0 Å². The normalized spacial score (nSPS) is 11.3. The van der Waals surface area contributed by atoms with E-state index in [4.69, 9.17) is 4.98 Å². The number of anilines is 1. The lowest BCUT2D eigenvalue weighted by Gasteiger charge is -2.16. The average molecular weight is 563 g/mol. The molecule has 2 aromatic heterocycles. The van der Waals surface area contributed by atoms with Crippen molar-refractivity contribution < 1.29 is 9.59 Å². The highest BCUT2D eigenvalue weighted by Crippen LogP contribution is 2.32. The van der Waals surface area contributed by atoms with Crippen LogP contribution in [0.4, 0.5) is 5.69 Å². The summed E-state index contributed by atoms with van der Waals surface area (Å²) in [4.78, 5) is 36.9. The van der Waals surface area contributed by atoms with Crippen LogP contribution in [0.5, 0.6) is 0 Å². The van der Waals surface area contributed by atoms with Gasteiger partial charge >= 0.3 is 0 Å². The minimum absolute atomic E-state index is 0.111. The summed E-state index contributed by atoms with van der Waals surface area (Å²) < 4.78 is 0. The van der Waals surface area contributed by atoms with Gasteiger partial charge in [-0.2, -0.15) is 0 Å². The van der Waals surface area contributed by atoms with Crippen molar-refractivity contribution in [3.63, 3.8) is 0 Å². The van der Waals surface area contributed by atoms with E-state index in [1.54, 1.807) is 6.07 Å². The van der Waals surface area contributed by atoms with Crippen molar-refractivity contribution in [2.45, 2.75) is 25.7 Å². The van der Waals surface area contributed by atoms with E-state index in [1.165, 1.54) is 0 Å². The molecule has 0 saturated heterocycles. The van der Waals surface area contributed by atoms with E-state index in [2.05, 4.69) is 27.0 Å². The third-order valence-electron chi connectivity index (χ3n) is 7.32. The fourth-order valence-electron chi connectivity index (χ4n) is 5.08. The van der Waals surface area contributed by atoms with Crippen molar-refractivity contribution >= 4 is 50.2 Å². The Kier molecular flexibility index (Phi) is 9.56. The minimum atomic E-state index is -0.135. The molecule has 0 atom stereocenters. The topological polar surface area (TPSA) is 99.2 Å². The number of nitrogens with one attached hydrogen (secondary N) is 3. The van der Waals surface area contributed by atoms with Crippen LogP contribution in [-0.4, -0.2) is 67.0 Å². The molecule has 3 N–H and O–H groups in total. The van der Waals surface area contributed by atoms with E-state index in [9.17, 15) is 9.59 Å². The third kappa shape index (κ3) is 7.01. The standard InChI is InChI=1S/C34H38N6O2/c1-40(2)23-22-37-33(41)27-15-11-14-26-31(25-13-6-8-17-29(25)39-32(26)27)35-20-9-3-4-10-21-36-34(42)30-19-18-24-12-5-7-16-28(24)38-30/h5-8,11-19H,3-4,9-10,20-23H2,1-2H3,(H,35,39)(H,36,42)(H,37,41). The van der Waals surface area contributed by atoms with E-state index in [0.717, 1.165) is 71.7 Å². The molecule has 5 rings (SSSR count). The lowest BCUT2D eigenvalue weighted by Crippen LogP contribution is -2.31. The summed E-state index contributed by atoms with van der Waals surface area (Å²) in [6, 6.07) is 25.3. The molecule has 3 aromatic carbocycles. The number of fused-ring (bicyclic) bond motifs is 3. The predicted molar refractivity (Wildman–Crippen MR) is 171 cm³/mol. The molecule has 8 heteroatoms. The number of carbonyl (C=O) groups excluding carboxylic acids is 2. The van der Waals surface area contributed by atoms with Gasteiger partial charge in [0.1, 0.15) is 5.69 Å². The smallest absolute Gasteiger partial charge is 0.269 e. The predicted octanol–water partition coefficient (Wildman–Crippen LogP) is 5.63. The van der Waals surface area contributed by atoms with E-state index < -0.39 is 0 Å². The second-order valence-corrected chi connectivity index (χ2v) is 10.8. The quantitative estimate of drug-likeness (QED) is 0.127. The molecule has 2 heterocycles. The number of nitrogens with zero attached hydrogens (tertiary/aromatic N) is 3. The summed E-state index contributed by atoms with van der Waals surface area (Å²) in [7, 11) is 3.97. The van der Waals surface area contributed by atoms with Crippen LogP contribution in [0.3, 0.4) is 0 Å². The van der Waals surface area contributed by atoms with Crippen molar-refractivity contribution in [1.29, 1.82) is 0 Å². The highest BCUT2D eigenvalue weighted by atomic mass is 16.2. The van der Waals surface area contributed by atoms with Crippen molar-refractivity contribution in [2.24, 2.45) is 0 Å². The second kappa shape index (κ2) is 13.9. The van der Waals surface area contributed by atoms with Crippen LogP contribution in [-0.2, 0) is 0 Å². The maximum atomic E-state index is 13.0. The zero-order valence-electron chi connectivity index (χ0n) is 24.3. The van der Waals surface area contributed by atoms with Crippen LogP contribution in [0, 0.1) is 0 Å². The lowest BCUT2D eigenvalue weighted by molar-refractivity contribution is 0.0942. The molecule has 5 aromatic rings. The number of carbonyl (C=O) groups is 2. The van der Waals surface area contributed by atoms with Gasteiger partial charge in [-0.05, 0) is 51.2 Å². The first-order chi connectivity index (χ1) is 20.5. The highest BCUT2D eigenvalue weighted by Gasteiger charge is 2.16. The van der Waals surface area contributed by atoms with Gasteiger partial charge in [-0.3, -0.25) is 9.59 Å². The number of hydrogen-bond donors (Lipinski definition) is 3. The SMILES string of the molecule is CN(C)CCNC(=O)c1cccc2c(NCCCCCCNC(=O)c3ccc4ccccc4n3)c3ccccc3nc12. The van der Waals surface area contributed by atoms with E-state index in [1.807, 2.05) is 85.7 Å². The van der Waals surface area contributed by atoms with E-state index in [-0.39, 0.29) is 11.8 Å². The molecular formula is C34H38N6O2. The van der Waals surface area contributed by atoms with Crippen LogP contribution in [0.2, 0.25) is 0 Å². The minimum Gasteiger partial charge on any atom is -0.384 e. The van der Waals surface area contributed by atoms with Gasteiger partial charge in [0.2, 0.25) is 0 Å². The van der Waals surface area contributed by atoms with Crippen LogP contribution in [0.15, 0.2) is 78.9 Å². The first-order valence-corrected chi connectivity index (χ1v) is 14.6. The number of hydrogen-bond acceptors (Lipinski definition) is 6. The molecule has 216 valence electrons. The summed E-state index contributed by atoms with van der Waals surface area (Å²) in [6.07, 6.45) is 3.95. The fourth-order valence-corrected chi connectivity index (χ4v) is 5.08. The van der Waals surface area contributed by atoms with Gasteiger partial charge < -0.3 is 20.9 Å². The maximum absolute atomic E-state index is 13.0. The summed E-state index contributed by atoms with van der Waals surface area (Å²) in [5.74, 6) is -0.246. The van der Waals surface area contributed by atoms with Gasteiger partial charge in [-0.1, -0.05) is 67.4 Å². The Hall–Kier alpha value is -4.56. The number of unbranched alkanes of at least 4 members (excludes halogenated alkanes) is 3. The first kappa shape index (κ1) is 29.0. The highest BCUT2D eigenvalue weighted by molar-refractivity contribution is 6.14. The molecule has 0 aliphatic rings. The Morgan fingerprint density at radius 1 is 0.667 bits per heavy atom. The molecule has 42 heavy (non-hydrogen) atoms. The average Bonchev–Trinajstić information content (AvgIpc) is 3.01. The van der Waals surface area contributed by atoms with Gasteiger partial charge in [0.05, 0.1) is 27.8 Å². The third-order valence-corrected chi connectivity index (χ3v) is 7.32. The van der Waals surface area contributed by atoms with Crippen molar-refractivity contribution in [2.75, 3.05) is 45.6 Å². The Labute approximate surface area is 246 Å². The van der Waals surface area contributed by atoms with Gasteiger partial charge in [0, 0.05) is 42.3 Å². The largest absolute Gasteiger partial charge is 0.384 e. The molecule has 0 radical (unpaired) electrons. The number of benzene rings is 3. The monoisotopic (exact) mass is 562 g/mol. The summed E-state index contributed by atoms with van der Waals surface area (Å²) >= 11 is 0. The Morgan fingerprint density at radius 3 is 2.21 bits per heavy atom. The van der Waals surface area contributed by atoms with Gasteiger partial charge in [0.25, 0.3) is 11.8 Å². The van der Waals surface area contributed by atoms with E-state index >= 15 is 0 Å². The zero-order valence-corrected chi connectivity index (χ0v) is 24.3. The molecule has 8 nitrogen and oxygen atoms in total. The molecule has 0 aliphatic heterocycles. The number of rotatable bonds is 13. The molecular weight excluding hydrogens is 524 g/mol. The number of amides is 2. The number of aromatic nitrogens is 2. The van der Waals surface area contributed by atoms with E-state index in [0.29, 0.717) is 29.9 Å². The summed E-state index contributed by atoms with van der Waals surface area (Å²) in [5.41, 5.74) is 4.43. The number of likely N-dealkylation sites (N-methyl/N-ethyl adjacent to an activating group) is 1. The van der Waals surface area contributed by atoms with Gasteiger partial charge in [-0.15, -0.1) is 0 Å². The van der Waals surface area contributed by atoms with Gasteiger partial charge in [-0.25, -0.2) is 9.97 Å². The van der Waals surface area contributed by atoms with Crippen LogP contribution >= 0.6 is 0 Å². The Morgan fingerprint density at radius 2 is 1.38 bits per heavy atom. The molecule has 0 aliphatic carbocycles.